The normalized spacial score (nSPS) is 13.4. The lowest BCUT2D eigenvalue weighted by molar-refractivity contribution is -0.503. The third-order valence-electron chi connectivity index (χ3n) is 2.35. The largest absolute Gasteiger partial charge is 0.299 e. The third kappa shape index (κ3) is 3.24. The van der Waals surface area contributed by atoms with Crippen molar-refractivity contribution in [2.24, 2.45) is 5.41 Å². The predicted molar refractivity (Wildman–Crippen MR) is 50.5 cm³/mol. The van der Waals surface area contributed by atoms with Crippen LogP contribution in [0.5, 0.6) is 0 Å². The minimum absolute atomic E-state index is 0.0789. The minimum Gasteiger partial charge on any atom is -0.299 e. The molecule has 1 unspecified atom stereocenters. The van der Waals surface area contributed by atoms with E-state index in [1.165, 1.54) is 13.8 Å². The van der Waals surface area contributed by atoms with Gasteiger partial charge in [-0.2, -0.15) is 0 Å². The smallest absolute Gasteiger partial charge is 0.267 e. The van der Waals surface area contributed by atoms with Crippen molar-refractivity contribution in [2.45, 2.75) is 40.2 Å². The van der Waals surface area contributed by atoms with Gasteiger partial charge in [0.25, 0.3) is 6.04 Å². The third-order valence-corrected chi connectivity index (χ3v) is 2.35. The summed E-state index contributed by atoms with van der Waals surface area (Å²) in [7, 11) is 0. The van der Waals surface area contributed by atoms with Crippen LogP contribution in [0.25, 0.3) is 0 Å². The average molecular weight is 201 g/mol. The summed E-state index contributed by atoms with van der Waals surface area (Å²) >= 11 is 0. The highest BCUT2D eigenvalue weighted by atomic mass is 16.6. The van der Waals surface area contributed by atoms with E-state index in [4.69, 9.17) is 0 Å². The summed E-state index contributed by atoms with van der Waals surface area (Å²) in [6.45, 7) is 5.84. The maximum atomic E-state index is 11.3. The highest BCUT2D eigenvalue weighted by molar-refractivity contribution is 5.90. The van der Waals surface area contributed by atoms with Crippen molar-refractivity contribution in [2.75, 3.05) is 0 Å². The van der Waals surface area contributed by atoms with E-state index >= 15 is 0 Å². The van der Waals surface area contributed by atoms with Gasteiger partial charge in [0.1, 0.15) is 5.78 Å². The van der Waals surface area contributed by atoms with Crippen LogP contribution in [-0.4, -0.2) is 22.5 Å². The zero-order valence-electron chi connectivity index (χ0n) is 8.86. The van der Waals surface area contributed by atoms with Crippen LogP contribution in [0.2, 0.25) is 0 Å². The van der Waals surface area contributed by atoms with Gasteiger partial charge in [-0.25, -0.2) is 0 Å². The van der Waals surface area contributed by atoms with E-state index in [0.29, 0.717) is 0 Å². The average Bonchev–Trinajstić information content (AvgIpc) is 2.01. The molecule has 0 aromatic rings. The van der Waals surface area contributed by atoms with Crippen molar-refractivity contribution in [1.29, 1.82) is 0 Å². The summed E-state index contributed by atoms with van der Waals surface area (Å²) in [5.41, 5.74) is -0.804. The Kier molecular flexibility index (Phi) is 3.92. The first kappa shape index (κ1) is 12.7. The number of ketones is 2. The van der Waals surface area contributed by atoms with Crippen LogP contribution in [0, 0.1) is 15.5 Å². The second-order valence-corrected chi connectivity index (χ2v) is 4.04. The summed E-state index contributed by atoms with van der Waals surface area (Å²) in [6.07, 6.45) is -0.0789. The van der Waals surface area contributed by atoms with Crippen LogP contribution in [-0.2, 0) is 9.59 Å². The van der Waals surface area contributed by atoms with Crippen LogP contribution >= 0.6 is 0 Å². The van der Waals surface area contributed by atoms with E-state index in [1.807, 2.05) is 0 Å². The fourth-order valence-corrected chi connectivity index (χ4v) is 0.825. The fourth-order valence-electron chi connectivity index (χ4n) is 0.825. The summed E-state index contributed by atoms with van der Waals surface area (Å²) < 4.78 is 0. The molecule has 0 amide bonds. The molecule has 0 aliphatic carbocycles. The summed E-state index contributed by atoms with van der Waals surface area (Å²) in [4.78, 5) is 32.0. The second-order valence-electron chi connectivity index (χ2n) is 4.04. The number of hydrogen-bond donors (Lipinski definition) is 0. The molecule has 0 fully saturated rings. The second kappa shape index (κ2) is 4.30. The van der Waals surface area contributed by atoms with Crippen molar-refractivity contribution in [3.63, 3.8) is 0 Å². The van der Waals surface area contributed by atoms with Crippen LogP contribution in [0.15, 0.2) is 0 Å². The number of rotatable bonds is 5. The Bertz CT molecular complexity index is 270. The molecule has 0 N–H and O–H groups in total. The molecule has 0 rings (SSSR count). The highest BCUT2D eigenvalue weighted by Gasteiger charge is 2.33. The first-order valence-electron chi connectivity index (χ1n) is 4.35. The number of Topliss-reactive ketones (excluding diaryl/α,β-unsaturated/α-hetero) is 2. The first-order chi connectivity index (χ1) is 6.18. The molecule has 0 radical (unpaired) electrons. The molecule has 80 valence electrons. The molecule has 0 saturated carbocycles. The summed E-state index contributed by atoms with van der Waals surface area (Å²) in [5, 5.41) is 10.3. The minimum atomic E-state index is -1.23. The number of hydrogen-bond acceptors (Lipinski definition) is 4. The van der Waals surface area contributed by atoms with Crippen molar-refractivity contribution in [3.05, 3.63) is 10.1 Å². The lowest BCUT2D eigenvalue weighted by Crippen LogP contribution is -2.33. The van der Waals surface area contributed by atoms with Gasteiger partial charge in [-0.05, 0) is 6.92 Å². The van der Waals surface area contributed by atoms with Crippen LogP contribution in [0.3, 0.4) is 0 Å². The molecular weight excluding hydrogens is 186 g/mol. The molecule has 0 bridgehead atoms. The zero-order chi connectivity index (χ0) is 11.5. The van der Waals surface area contributed by atoms with Gasteiger partial charge in [0.2, 0.25) is 5.78 Å². The Morgan fingerprint density at radius 1 is 1.43 bits per heavy atom. The summed E-state index contributed by atoms with van der Waals surface area (Å²) in [5.74, 6) is -0.642. The maximum absolute atomic E-state index is 11.3. The van der Waals surface area contributed by atoms with E-state index < -0.39 is 22.2 Å². The Hall–Kier alpha value is -1.26. The van der Waals surface area contributed by atoms with Crippen LogP contribution < -0.4 is 0 Å². The molecule has 5 nitrogen and oxygen atoms in total. The molecular formula is C9H15NO4. The van der Waals surface area contributed by atoms with Gasteiger partial charge in [0, 0.05) is 23.7 Å². The zero-order valence-corrected chi connectivity index (χ0v) is 8.86. The SMILES string of the molecule is CC(=O)C(C)(C)CC(=O)C(C)[N+](=O)[O-]. The van der Waals surface area contributed by atoms with Gasteiger partial charge in [-0.3, -0.25) is 19.7 Å². The molecule has 14 heavy (non-hydrogen) atoms. The van der Waals surface area contributed by atoms with Crippen LogP contribution in [0.1, 0.15) is 34.1 Å². The number of nitrogens with zero attached hydrogens (tertiary/aromatic N) is 1. The van der Waals surface area contributed by atoms with Crippen molar-refractivity contribution < 1.29 is 14.5 Å². The standard InChI is InChI=1S/C9H15NO4/c1-6(10(13)14)8(12)5-9(3,4)7(2)11/h6H,5H2,1-4H3. The highest BCUT2D eigenvalue weighted by Crippen LogP contribution is 2.22. The topological polar surface area (TPSA) is 77.3 Å². The molecule has 0 aromatic carbocycles. The van der Waals surface area contributed by atoms with Gasteiger partial charge in [0.15, 0.2) is 0 Å². The van der Waals surface area contributed by atoms with Gasteiger partial charge < -0.3 is 0 Å². The molecule has 0 spiro atoms. The Morgan fingerprint density at radius 3 is 2.14 bits per heavy atom. The summed E-state index contributed by atoms with van der Waals surface area (Å²) in [6, 6.07) is -1.23. The van der Waals surface area contributed by atoms with Gasteiger partial charge in [-0.15, -0.1) is 0 Å². The Balaban J connectivity index is 4.47. The molecule has 5 heteroatoms. The maximum Gasteiger partial charge on any atom is 0.267 e. The van der Waals surface area contributed by atoms with E-state index in [0.717, 1.165) is 0 Å². The van der Waals surface area contributed by atoms with Gasteiger partial charge >= 0.3 is 0 Å². The van der Waals surface area contributed by atoms with E-state index in [1.54, 1.807) is 13.8 Å². The van der Waals surface area contributed by atoms with E-state index in [-0.39, 0.29) is 12.2 Å². The van der Waals surface area contributed by atoms with E-state index in [9.17, 15) is 19.7 Å². The molecule has 0 aliphatic heterocycles. The van der Waals surface area contributed by atoms with Gasteiger partial charge in [-0.1, -0.05) is 13.8 Å². The van der Waals surface area contributed by atoms with Gasteiger partial charge in [0.05, 0.1) is 0 Å². The molecule has 0 aromatic heterocycles. The molecule has 0 aliphatic rings. The number of nitro groups is 1. The first-order valence-corrected chi connectivity index (χ1v) is 4.35. The fraction of sp³-hybridized carbons (Fsp3) is 0.778. The van der Waals surface area contributed by atoms with Crippen molar-refractivity contribution in [1.82, 2.24) is 0 Å². The Labute approximate surface area is 82.6 Å². The molecule has 1 atom stereocenters. The molecule has 0 saturated heterocycles. The number of carbonyl (C=O) groups is 2. The molecule has 0 heterocycles. The van der Waals surface area contributed by atoms with Crippen molar-refractivity contribution in [3.8, 4) is 0 Å². The lowest BCUT2D eigenvalue weighted by atomic mass is 9.82. The predicted octanol–water partition coefficient (Wildman–Crippen LogP) is 1.23. The van der Waals surface area contributed by atoms with Crippen molar-refractivity contribution >= 4 is 11.6 Å². The number of carbonyl (C=O) groups excluding carboxylic acids is 2. The quantitative estimate of drug-likeness (QED) is 0.495. The monoisotopic (exact) mass is 201 g/mol. The Morgan fingerprint density at radius 2 is 1.86 bits per heavy atom. The van der Waals surface area contributed by atoms with E-state index in [2.05, 4.69) is 0 Å². The van der Waals surface area contributed by atoms with Crippen LogP contribution in [0.4, 0.5) is 0 Å². The lowest BCUT2D eigenvalue weighted by Gasteiger charge is -2.19.